The summed E-state index contributed by atoms with van der Waals surface area (Å²) in [5, 5.41) is 10.9. The van der Waals surface area contributed by atoms with Gasteiger partial charge in [-0.1, -0.05) is 115 Å². The molecule has 28 heavy (non-hydrogen) atoms. The lowest BCUT2D eigenvalue weighted by molar-refractivity contribution is 0.441. The highest BCUT2D eigenvalue weighted by molar-refractivity contribution is 5.51. The zero-order chi connectivity index (χ0) is 20.4. The molecule has 154 valence electrons. The van der Waals surface area contributed by atoms with Crippen molar-refractivity contribution >= 4 is 0 Å². The van der Waals surface area contributed by atoms with Gasteiger partial charge in [-0.2, -0.15) is 0 Å². The molecule has 0 aliphatic carbocycles. The van der Waals surface area contributed by atoms with E-state index in [0.717, 1.165) is 5.56 Å². The van der Waals surface area contributed by atoms with E-state index in [2.05, 4.69) is 64.1 Å². The van der Waals surface area contributed by atoms with Gasteiger partial charge in [0.05, 0.1) is 0 Å². The minimum Gasteiger partial charge on any atom is -0.508 e. The third kappa shape index (κ3) is 5.87. The highest BCUT2D eigenvalue weighted by Gasteiger charge is 2.31. The molecule has 2 aromatic carbocycles. The fourth-order valence-electron chi connectivity index (χ4n) is 4.49. The first-order valence-corrected chi connectivity index (χ1v) is 11.4. The first kappa shape index (κ1) is 22.5. The maximum Gasteiger partial charge on any atom is 0.119 e. The van der Waals surface area contributed by atoms with Gasteiger partial charge in [0.1, 0.15) is 5.75 Å². The van der Waals surface area contributed by atoms with Crippen LogP contribution in [0.5, 0.6) is 5.75 Å². The van der Waals surface area contributed by atoms with Gasteiger partial charge in [0.15, 0.2) is 0 Å². The molecule has 2 aromatic rings. The van der Waals surface area contributed by atoms with Gasteiger partial charge in [-0.3, -0.25) is 0 Å². The van der Waals surface area contributed by atoms with Crippen molar-refractivity contribution in [2.75, 3.05) is 0 Å². The summed E-state index contributed by atoms with van der Waals surface area (Å²) < 4.78 is 0. The Morgan fingerprint density at radius 1 is 0.750 bits per heavy atom. The molecule has 0 aliphatic heterocycles. The topological polar surface area (TPSA) is 20.2 Å². The van der Waals surface area contributed by atoms with Gasteiger partial charge in [0.2, 0.25) is 0 Å². The van der Waals surface area contributed by atoms with Gasteiger partial charge in [-0.25, -0.2) is 0 Å². The number of hydrogen-bond donors (Lipinski definition) is 1. The van der Waals surface area contributed by atoms with E-state index >= 15 is 0 Å². The Hall–Kier alpha value is -1.76. The second-order valence-corrected chi connectivity index (χ2v) is 8.77. The molecule has 1 heteroatoms. The number of benzene rings is 2. The van der Waals surface area contributed by atoms with Crippen molar-refractivity contribution in [1.29, 1.82) is 0 Å². The first-order valence-electron chi connectivity index (χ1n) is 11.4. The second-order valence-electron chi connectivity index (χ2n) is 8.77. The summed E-state index contributed by atoms with van der Waals surface area (Å²) in [5.74, 6) is 0.980. The van der Waals surface area contributed by atoms with Crippen molar-refractivity contribution in [2.45, 2.75) is 96.8 Å². The maximum absolute atomic E-state index is 10.9. The van der Waals surface area contributed by atoms with Crippen LogP contribution in [0.1, 0.15) is 108 Å². The summed E-state index contributed by atoms with van der Waals surface area (Å²) in [6, 6.07) is 16.8. The average Bonchev–Trinajstić information content (AvgIpc) is 2.70. The van der Waals surface area contributed by atoms with Crippen molar-refractivity contribution in [2.24, 2.45) is 0 Å². The van der Waals surface area contributed by atoms with Gasteiger partial charge in [0.25, 0.3) is 0 Å². The average molecular weight is 381 g/mol. The van der Waals surface area contributed by atoms with Crippen LogP contribution in [0.3, 0.4) is 0 Å². The molecular formula is C27H40O. The van der Waals surface area contributed by atoms with E-state index in [1.165, 1.54) is 68.9 Å². The maximum atomic E-state index is 10.9. The first-order chi connectivity index (χ1) is 13.5. The quantitative estimate of drug-likeness (QED) is 0.367. The Morgan fingerprint density at radius 2 is 1.36 bits per heavy atom. The van der Waals surface area contributed by atoms with Gasteiger partial charge < -0.3 is 5.11 Å². The number of unbranched alkanes of at least 4 members (excludes halogenated alkanes) is 5. The summed E-state index contributed by atoms with van der Waals surface area (Å²) in [7, 11) is 0. The summed E-state index contributed by atoms with van der Waals surface area (Å²) in [6.45, 7) is 9.05. The van der Waals surface area contributed by atoms with Crippen LogP contribution in [-0.2, 0) is 5.41 Å². The van der Waals surface area contributed by atoms with Crippen molar-refractivity contribution in [1.82, 2.24) is 0 Å². The monoisotopic (exact) mass is 380 g/mol. The lowest BCUT2D eigenvalue weighted by Gasteiger charge is -2.32. The van der Waals surface area contributed by atoms with E-state index in [1.54, 1.807) is 0 Å². The van der Waals surface area contributed by atoms with Crippen LogP contribution in [0.4, 0.5) is 0 Å². The molecule has 2 rings (SSSR count). The Morgan fingerprint density at radius 3 is 2.00 bits per heavy atom. The normalized spacial score (nSPS) is 12.9. The molecule has 0 aromatic heterocycles. The molecule has 0 amide bonds. The van der Waals surface area contributed by atoms with Crippen molar-refractivity contribution < 1.29 is 5.11 Å². The lowest BCUT2D eigenvalue weighted by atomic mass is 9.72. The number of phenolic OH excluding ortho intramolecular Hbond substituents is 1. The number of rotatable bonds is 12. The van der Waals surface area contributed by atoms with Crippen molar-refractivity contribution in [3.63, 3.8) is 0 Å². The van der Waals surface area contributed by atoms with Crippen LogP contribution >= 0.6 is 0 Å². The van der Waals surface area contributed by atoms with Crippen LogP contribution in [0.15, 0.2) is 48.5 Å². The minimum atomic E-state index is -0.214. The summed E-state index contributed by atoms with van der Waals surface area (Å²) in [5.41, 5.74) is 3.53. The summed E-state index contributed by atoms with van der Waals surface area (Å²) in [4.78, 5) is 0. The second kappa shape index (κ2) is 11.3. The highest BCUT2D eigenvalue weighted by atomic mass is 16.3. The molecule has 0 heterocycles. The smallest absolute Gasteiger partial charge is 0.119 e. The Bertz CT molecular complexity index is 687. The zero-order valence-corrected chi connectivity index (χ0v) is 18.5. The molecule has 0 saturated heterocycles. The van der Waals surface area contributed by atoms with Gasteiger partial charge >= 0.3 is 0 Å². The zero-order valence-electron chi connectivity index (χ0n) is 18.5. The van der Waals surface area contributed by atoms with Crippen LogP contribution in [-0.4, -0.2) is 5.11 Å². The van der Waals surface area contributed by atoms with Crippen LogP contribution in [0.25, 0.3) is 0 Å². The Kier molecular flexibility index (Phi) is 9.09. The largest absolute Gasteiger partial charge is 0.508 e. The van der Waals surface area contributed by atoms with E-state index in [4.69, 9.17) is 0 Å². The Labute approximate surface area is 173 Å². The molecule has 0 spiro atoms. The predicted octanol–water partition coefficient (Wildman–Crippen LogP) is 8.35. The van der Waals surface area contributed by atoms with Gasteiger partial charge in [0, 0.05) is 11.0 Å². The van der Waals surface area contributed by atoms with Crippen molar-refractivity contribution in [3.05, 3.63) is 65.2 Å². The number of hydrogen-bond acceptors (Lipinski definition) is 1. The third-order valence-electron chi connectivity index (χ3n) is 6.20. The predicted molar refractivity (Wildman–Crippen MR) is 122 cm³/mol. The lowest BCUT2D eigenvalue weighted by Crippen LogP contribution is -2.22. The van der Waals surface area contributed by atoms with E-state index < -0.39 is 0 Å². The third-order valence-corrected chi connectivity index (χ3v) is 6.20. The molecule has 0 aliphatic rings. The van der Waals surface area contributed by atoms with E-state index in [-0.39, 0.29) is 5.41 Å². The number of aromatic hydroxyl groups is 1. The summed E-state index contributed by atoms with van der Waals surface area (Å²) >= 11 is 0. The van der Waals surface area contributed by atoms with Gasteiger partial charge in [-0.05, 0) is 36.0 Å². The summed E-state index contributed by atoms with van der Waals surface area (Å²) in [6.07, 6.45) is 11.5. The minimum absolute atomic E-state index is 0.214. The van der Waals surface area contributed by atoms with Crippen LogP contribution in [0.2, 0.25) is 0 Å². The van der Waals surface area contributed by atoms with E-state index in [0.29, 0.717) is 11.7 Å². The van der Waals surface area contributed by atoms with Crippen LogP contribution < -0.4 is 0 Å². The molecule has 0 saturated carbocycles. The fraction of sp³-hybridized carbons (Fsp3) is 0.556. The van der Waals surface area contributed by atoms with E-state index in [1.807, 2.05) is 12.1 Å². The van der Waals surface area contributed by atoms with Crippen molar-refractivity contribution in [3.8, 4) is 5.75 Å². The molecule has 1 atom stereocenters. The fourth-order valence-corrected chi connectivity index (χ4v) is 4.49. The standard InChI is InChI=1S/C27H40O/c1-5-7-9-12-17-22(16-11-8-6-2)24-20-15-21-25(28)26(24)27(3,4)23-18-13-10-14-19-23/h10,13-15,18-22,28H,5-9,11-12,16-17H2,1-4H3. The molecule has 0 radical (unpaired) electrons. The van der Waals surface area contributed by atoms with Gasteiger partial charge in [-0.15, -0.1) is 0 Å². The molecule has 0 bridgehead atoms. The molecule has 1 N–H and O–H groups in total. The molecule has 0 fully saturated rings. The molecular weight excluding hydrogens is 340 g/mol. The SMILES string of the molecule is CCCCCCC(CCCCC)c1cccc(O)c1C(C)(C)c1ccccc1. The molecule has 1 nitrogen and oxygen atoms in total. The van der Waals surface area contributed by atoms with E-state index in [9.17, 15) is 5.11 Å². The number of phenols is 1. The highest BCUT2D eigenvalue weighted by Crippen LogP contribution is 2.43. The molecule has 1 unspecified atom stereocenters. The van der Waals surface area contributed by atoms with Crippen LogP contribution in [0, 0.1) is 0 Å². The Balaban J connectivity index is 2.38.